The minimum absolute atomic E-state index is 0.00640. The first kappa shape index (κ1) is 11.2. The Hall–Kier alpha value is -0.900. The molecular formula is C10H16O4. The van der Waals surface area contributed by atoms with Crippen LogP contribution in [0.5, 0.6) is 0 Å². The molecule has 0 saturated carbocycles. The van der Waals surface area contributed by atoms with Gasteiger partial charge < -0.3 is 9.47 Å². The first-order chi connectivity index (χ1) is 6.58. The Bertz CT molecular complexity index is 225. The molecule has 0 aromatic carbocycles. The lowest BCUT2D eigenvalue weighted by molar-refractivity contribution is -0.170. The van der Waals surface area contributed by atoms with E-state index in [1.807, 2.05) is 6.92 Å². The van der Waals surface area contributed by atoms with E-state index in [1.54, 1.807) is 0 Å². The van der Waals surface area contributed by atoms with E-state index in [0.29, 0.717) is 19.8 Å². The van der Waals surface area contributed by atoms with Gasteiger partial charge in [-0.1, -0.05) is 6.92 Å². The second kappa shape index (κ2) is 4.55. The fourth-order valence-corrected chi connectivity index (χ4v) is 1.27. The molecule has 1 aliphatic heterocycles. The Balaban J connectivity index is 2.25. The van der Waals surface area contributed by atoms with Crippen molar-refractivity contribution in [2.75, 3.05) is 19.8 Å². The van der Waals surface area contributed by atoms with Crippen LogP contribution in [0, 0.1) is 5.41 Å². The average molecular weight is 200 g/mol. The highest BCUT2D eigenvalue weighted by Gasteiger charge is 2.38. The number of ether oxygens (including phenoxy) is 2. The van der Waals surface area contributed by atoms with Crippen molar-refractivity contribution < 1.29 is 19.1 Å². The molecule has 1 heterocycles. The minimum Gasteiger partial charge on any atom is -0.465 e. The fourth-order valence-electron chi connectivity index (χ4n) is 1.27. The molecule has 80 valence electrons. The van der Waals surface area contributed by atoms with Crippen LogP contribution in [-0.2, 0) is 19.1 Å². The van der Waals surface area contributed by atoms with Crippen molar-refractivity contribution in [3.8, 4) is 0 Å². The van der Waals surface area contributed by atoms with Gasteiger partial charge in [-0.15, -0.1) is 0 Å². The summed E-state index contributed by atoms with van der Waals surface area (Å²) in [5.74, 6) is -0.595. The number of esters is 1. The topological polar surface area (TPSA) is 52.6 Å². The third kappa shape index (κ3) is 2.80. The summed E-state index contributed by atoms with van der Waals surface area (Å²) in [6.07, 6.45) is 0.807. The van der Waals surface area contributed by atoms with Gasteiger partial charge in [0.05, 0.1) is 18.6 Å². The van der Waals surface area contributed by atoms with E-state index in [2.05, 4.69) is 0 Å². The molecule has 1 aliphatic rings. The van der Waals surface area contributed by atoms with Crippen molar-refractivity contribution in [1.29, 1.82) is 0 Å². The van der Waals surface area contributed by atoms with Gasteiger partial charge in [0, 0.05) is 0 Å². The third-order valence-corrected chi connectivity index (χ3v) is 2.50. The first-order valence-electron chi connectivity index (χ1n) is 4.81. The van der Waals surface area contributed by atoms with Crippen LogP contribution in [0.25, 0.3) is 0 Å². The van der Waals surface area contributed by atoms with Crippen LogP contribution in [0.2, 0.25) is 0 Å². The second-order valence-corrected chi connectivity index (χ2v) is 3.89. The summed E-state index contributed by atoms with van der Waals surface area (Å²) in [7, 11) is 0. The Morgan fingerprint density at radius 2 is 2.07 bits per heavy atom. The number of ketones is 1. The molecule has 14 heavy (non-hydrogen) atoms. The maximum atomic E-state index is 11.1. The molecule has 1 rings (SSSR count). The third-order valence-electron chi connectivity index (χ3n) is 2.50. The Labute approximate surface area is 83.6 Å². The molecule has 0 atom stereocenters. The molecule has 1 fully saturated rings. The van der Waals surface area contributed by atoms with E-state index in [9.17, 15) is 9.59 Å². The fraction of sp³-hybridized carbons (Fsp3) is 0.800. The van der Waals surface area contributed by atoms with Gasteiger partial charge in [-0.2, -0.15) is 0 Å². The van der Waals surface area contributed by atoms with Crippen LogP contribution in [0.1, 0.15) is 26.7 Å². The maximum absolute atomic E-state index is 11.1. The maximum Gasteiger partial charge on any atom is 0.313 e. The second-order valence-electron chi connectivity index (χ2n) is 3.89. The standard InChI is InChI=1S/C10H16O4/c1-3-10(5-13-6-10)7-14-9(12)4-8(2)11/h3-7H2,1-2H3. The monoisotopic (exact) mass is 200 g/mol. The summed E-state index contributed by atoms with van der Waals surface area (Å²) in [6, 6.07) is 0. The molecule has 0 bridgehead atoms. The van der Waals surface area contributed by atoms with Crippen molar-refractivity contribution in [3.05, 3.63) is 0 Å². The summed E-state index contributed by atoms with van der Waals surface area (Å²) in [5.41, 5.74) is 0.00640. The van der Waals surface area contributed by atoms with Crippen molar-refractivity contribution in [2.45, 2.75) is 26.7 Å². The van der Waals surface area contributed by atoms with E-state index in [0.717, 1.165) is 6.42 Å². The highest BCUT2D eigenvalue weighted by Crippen LogP contribution is 2.31. The van der Waals surface area contributed by atoms with Gasteiger partial charge in [-0.3, -0.25) is 9.59 Å². The van der Waals surface area contributed by atoms with E-state index in [4.69, 9.17) is 9.47 Å². The number of carbonyl (C=O) groups excluding carboxylic acids is 2. The van der Waals surface area contributed by atoms with Crippen LogP contribution in [0.4, 0.5) is 0 Å². The lowest BCUT2D eigenvalue weighted by Crippen LogP contribution is -2.46. The van der Waals surface area contributed by atoms with Crippen LogP contribution in [0.3, 0.4) is 0 Å². The van der Waals surface area contributed by atoms with Gasteiger partial charge in [-0.05, 0) is 13.3 Å². The number of Topliss-reactive ketones (excluding diaryl/α,β-unsaturated/α-hetero) is 1. The van der Waals surface area contributed by atoms with Crippen molar-refractivity contribution in [2.24, 2.45) is 5.41 Å². The van der Waals surface area contributed by atoms with Gasteiger partial charge >= 0.3 is 5.97 Å². The molecule has 0 aromatic heterocycles. The minimum atomic E-state index is -0.433. The first-order valence-corrected chi connectivity index (χ1v) is 4.81. The van der Waals surface area contributed by atoms with Crippen molar-refractivity contribution in [1.82, 2.24) is 0 Å². The molecule has 4 nitrogen and oxygen atoms in total. The van der Waals surface area contributed by atoms with E-state index < -0.39 is 5.97 Å². The quantitative estimate of drug-likeness (QED) is 0.489. The highest BCUT2D eigenvalue weighted by atomic mass is 16.5. The summed E-state index contributed by atoms with van der Waals surface area (Å²) < 4.78 is 10.1. The normalized spacial score (nSPS) is 18.4. The summed E-state index contributed by atoms with van der Waals surface area (Å²) in [5, 5.41) is 0. The van der Waals surface area contributed by atoms with Gasteiger partial charge in [0.25, 0.3) is 0 Å². The van der Waals surface area contributed by atoms with Crippen molar-refractivity contribution >= 4 is 11.8 Å². The van der Waals surface area contributed by atoms with Gasteiger partial charge in [0.2, 0.25) is 0 Å². The van der Waals surface area contributed by atoms with Crippen LogP contribution in [-0.4, -0.2) is 31.6 Å². The number of carbonyl (C=O) groups is 2. The lowest BCUT2D eigenvalue weighted by atomic mass is 9.84. The molecule has 0 N–H and O–H groups in total. The van der Waals surface area contributed by atoms with Gasteiger partial charge in [-0.25, -0.2) is 0 Å². The smallest absolute Gasteiger partial charge is 0.313 e. The van der Waals surface area contributed by atoms with Crippen molar-refractivity contribution in [3.63, 3.8) is 0 Å². The zero-order valence-corrected chi connectivity index (χ0v) is 8.67. The average Bonchev–Trinajstić information content (AvgIpc) is 2.01. The van der Waals surface area contributed by atoms with E-state index in [1.165, 1.54) is 6.92 Å². The molecule has 0 aliphatic carbocycles. The molecule has 0 aromatic rings. The molecule has 4 heteroatoms. The van der Waals surface area contributed by atoms with Crippen LogP contribution >= 0.6 is 0 Å². The largest absolute Gasteiger partial charge is 0.465 e. The molecule has 0 radical (unpaired) electrons. The Kier molecular flexibility index (Phi) is 3.63. The van der Waals surface area contributed by atoms with Gasteiger partial charge in [0.1, 0.15) is 18.8 Å². The van der Waals surface area contributed by atoms with E-state index >= 15 is 0 Å². The summed E-state index contributed by atoms with van der Waals surface area (Å²) >= 11 is 0. The van der Waals surface area contributed by atoms with Gasteiger partial charge in [0.15, 0.2) is 0 Å². The molecular weight excluding hydrogens is 184 g/mol. The lowest BCUT2D eigenvalue weighted by Gasteiger charge is -2.39. The van der Waals surface area contributed by atoms with Crippen LogP contribution < -0.4 is 0 Å². The van der Waals surface area contributed by atoms with E-state index in [-0.39, 0.29) is 17.6 Å². The molecule has 0 amide bonds. The Morgan fingerprint density at radius 3 is 2.43 bits per heavy atom. The predicted octanol–water partition coefficient (Wildman–Crippen LogP) is 0.935. The number of rotatable bonds is 5. The number of hydrogen-bond donors (Lipinski definition) is 0. The molecule has 0 unspecified atom stereocenters. The zero-order chi connectivity index (χ0) is 10.6. The molecule has 0 spiro atoms. The summed E-state index contributed by atoms with van der Waals surface area (Å²) in [4.78, 5) is 21.7. The van der Waals surface area contributed by atoms with Crippen LogP contribution in [0.15, 0.2) is 0 Å². The predicted molar refractivity (Wildman–Crippen MR) is 49.8 cm³/mol. The molecule has 1 saturated heterocycles. The summed E-state index contributed by atoms with van der Waals surface area (Å²) in [6.45, 7) is 5.09. The Morgan fingerprint density at radius 1 is 1.43 bits per heavy atom. The SMILES string of the molecule is CCC1(COC(=O)CC(C)=O)COC1. The number of hydrogen-bond acceptors (Lipinski definition) is 4. The zero-order valence-electron chi connectivity index (χ0n) is 8.67. The highest BCUT2D eigenvalue weighted by molar-refractivity contribution is 5.94.